The molecule has 1 unspecified atom stereocenters. The van der Waals surface area contributed by atoms with Crippen LogP contribution in [0.4, 0.5) is 0 Å². The monoisotopic (exact) mass is 461 g/mol. The first-order chi connectivity index (χ1) is 16.5. The largest absolute Gasteiger partial charge is 0.487 e. The number of hydrogen-bond donors (Lipinski definition) is 0. The van der Waals surface area contributed by atoms with Gasteiger partial charge in [0.05, 0.1) is 25.5 Å². The van der Waals surface area contributed by atoms with Gasteiger partial charge in [0, 0.05) is 24.2 Å². The summed E-state index contributed by atoms with van der Waals surface area (Å²) in [7, 11) is 0. The van der Waals surface area contributed by atoms with Gasteiger partial charge in [-0.3, -0.25) is 9.48 Å². The van der Waals surface area contributed by atoms with E-state index in [9.17, 15) is 4.79 Å². The fourth-order valence-corrected chi connectivity index (χ4v) is 4.69. The standard InChI is InChI=1S/C27H31N3O4/c1-18-6-4-5-7-24(18)21-13-22-15-29(26(31)16-30-20(3)12-19(2)28-30)9-11-33-27(22)25(14-21)34-23-8-10-32-17-23/h4-7,12-14,23H,8-11,15-17H2,1-3H3. The van der Waals surface area contributed by atoms with Gasteiger partial charge >= 0.3 is 0 Å². The predicted molar refractivity (Wildman–Crippen MR) is 129 cm³/mol. The lowest BCUT2D eigenvalue weighted by Gasteiger charge is -2.21. The minimum Gasteiger partial charge on any atom is -0.487 e. The molecule has 2 aromatic carbocycles. The minimum atomic E-state index is 0.00633. The number of aryl methyl sites for hydroxylation is 3. The van der Waals surface area contributed by atoms with E-state index >= 15 is 0 Å². The van der Waals surface area contributed by atoms with Crippen LogP contribution >= 0.6 is 0 Å². The van der Waals surface area contributed by atoms with E-state index in [1.54, 1.807) is 4.68 Å². The second-order valence-corrected chi connectivity index (χ2v) is 9.13. The average molecular weight is 462 g/mol. The molecular formula is C27H31N3O4. The quantitative estimate of drug-likeness (QED) is 0.573. The van der Waals surface area contributed by atoms with E-state index in [0.717, 1.165) is 46.0 Å². The molecule has 7 heteroatoms. The molecule has 0 saturated carbocycles. The van der Waals surface area contributed by atoms with Crippen LogP contribution in [0, 0.1) is 20.8 Å². The Kier molecular flexibility index (Phi) is 6.28. The van der Waals surface area contributed by atoms with Gasteiger partial charge in [-0.05, 0) is 55.7 Å². The van der Waals surface area contributed by atoms with Gasteiger partial charge in [0.25, 0.3) is 0 Å². The average Bonchev–Trinajstić information content (AvgIpc) is 3.36. The zero-order chi connectivity index (χ0) is 23.7. The molecule has 0 aliphatic carbocycles. The molecule has 1 saturated heterocycles. The number of hydrogen-bond acceptors (Lipinski definition) is 5. The molecular weight excluding hydrogens is 430 g/mol. The first-order valence-corrected chi connectivity index (χ1v) is 11.9. The number of rotatable bonds is 5. The van der Waals surface area contributed by atoms with Gasteiger partial charge < -0.3 is 19.1 Å². The number of aromatic nitrogens is 2. The molecule has 1 atom stereocenters. The van der Waals surface area contributed by atoms with E-state index in [-0.39, 0.29) is 18.6 Å². The number of nitrogens with zero attached hydrogens (tertiary/aromatic N) is 3. The van der Waals surface area contributed by atoms with E-state index in [0.29, 0.717) is 32.9 Å². The number of carbonyl (C=O) groups is 1. The third-order valence-electron chi connectivity index (χ3n) is 6.48. The number of carbonyl (C=O) groups excluding carboxylic acids is 1. The van der Waals surface area contributed by atoms with E-state index < -0.39 is 0 Å². The van der Waals surface area contributed by atoms with Gasteiger partial charge in [0.15, 0.2) is 11.5 Å². The SMILES string of the molecule is Cc1cc(C)n(CC(=O)N2CCOc3c(cc(-c4ccccc4C)cc3OC3CCOC3)C2)n1. The van der Waals surface area contributed by atoms with Crippen LogP contribution in [0.3, 0.4) is 0 Å². The smallest absolute Gasteiger partial charge is 0.244 e. The summed E-state index contributed by atoms with van der Waals surface area (Å²) in [6.07, 6.45) is 0.864. The lowest BCUT2D eigenvalue weighted by molar-refractivity contribution is -0.132. The highest BCUT2D eigenvalue weighted by Crippen LogP contribution is 2.40. The minimum absolute atomic E-state index is 0.00633. The van der Waals surface area contributed by atoms with Crippen molar-refractivity contribution >= 4 is 5.91 Å². The van der Waals surface area contributed by atoms with Crippen LogP contribution in [0.15, 0.2) is 42.5 Å². The van der Waals surface area contributed by atoms with Crippen LogP contribution in [0.5, 0.6) is 11.5 Å². The summed E-state index contributed by atoms with van der Waals surface area (Å²) >= 11 is 0. The maximum Gasteiger partial charge on any atom is 0.244 e. The van der Waals surface area contributed by atoms with Crippen LogP contribution in [0.25, 0.3) is 11.1 Å². The maximum absolute atomic E-state index is 13.2. The molecule has 3 aromatic rings. The Balaban J connectivity index is 1.48. The highest BCUT2D eigenvalue weighted by Gasteiger charge is 2.26. The normalized spacial score (nSPS) is 17.7. The second kappa shape index (κ2) is 9.50. The highest BCUT2D eigenvalue weighted by molar-refractivity contribution is 5.77. The predicted octanol–water partition coefficient (Wildman–Crippen LogP) is 4.06. The van der Waals surface area contributed by atoms with E-state index in [1.165, 1.54) is 5.56 Å². The molecule has 2 aliphatic heterocycles. The molecule has 0 spiro atoms. The zero-order valence-electron chi connectivity index (χ0n) is 20.0. The van der Waals surface area contributed by atoms with E-state index in [1.807, 2.05) is 36.9 Å². The molecule has 3 heterocycles. The summed E-state index contributed by atoms with van der Waals surface area (Å²) in [5, 5.41) is 4.45. The lowest BCUT2D eigenvalue weighted by atomic mass is 9.97. The fraction of sp³-hybridized carbons (Fsp3) is 0.407. The van der Waals surface area contributed by atoms with Crippen molar-refractivity contribution in [2.75, 3.05) is 26.4 Å². The van der Waals surface area contributed by atoms with Crippen molar-refractivity contribution in [3.63, 3.8) is 0 Å². The zero-order valence-corrected chi connectivity index (χ0v) is 20.0. The Hall–Kier alpha value is -3.32. The number of amides is 1. The fourth-order valence-electron chi connectivity index (χ4n) is 4.69. The molecule has 0 radical (unpaired) electrons. The van der Waals surface area contributed by atoms with Gasteiger partial charge in [-0.15, -0.1) is 0 Å². The number of benzene rings is 2. The number of fused-ring (bicyclic) bond motifs is 1. The van der Waals surface area contributed by atoms with Crippen molar-refractivity contribution in [2.24, 2.45) is 0 Å². The van der Waals surface area contributed by atoms with Crippen molar-refractivity contribution < 1.29 is 19.0 Å². The van der Waals surface area contributed by atoms with Gasteiger partial charge in [-0.2, -0.15) is 5.10 Å². The van der Waals surface area contributed by atoms with Gasteiger partial charge in [0.2, 0.25) is 5.91 Å². The van der Waals surface area contributed by atoms with Crippen molar-refractivity contribution in [3.8, 4) is 22.6 Å². The molecule has 0 N–H and O–H groups in total. The lowest BCUT2D eigenvalue weighted by Crippen LogP contribution is -2.35. The molecule has 2 aliphatic rings. The van der Waals surface area contributed by atoms with E-state index in [4.69, 9.17) is 14.2 Å². The van der Waals surface area contributed by atoms with Crippen molar-refractivity contribution in [1.29, 1.82) is 0 Å². The molecule has 1 amide bonds. The summed E-state index contributed by atoms with van der Waals surface area (Å²) in [6, 6.07) is 14.5. The van der Waals surface area contributed by atoms with Crippen LogP contribution in [-0.4, -0.2) is 53.1 Å². The maximum atomic E-state index is 13.2. The summed E-state index contributed by atoms with van der Waals surface area (Å²) in [4.78, 5) is 15.1. The summed E-state index contributed by atoms with van der Waals surface area (Å²) < 4.78 is 19.8. The van der Waals surface area contributed by atoms with Crippen molar-refractivity contribution in [2.45, 2.75) is 46.4 Å². The number of ether oxygens (including phenoxy) is 3. The van der Waals surface area contributed by atoms with Crippen molar-refractivity contribution in [3.05, 3.63) is 65.0 Å². The Labute approximate surface area is 200 Å². The first-order valence-electron chi connectivity index (χ1n) is 11.9. The third-order valence-corrected chi connectivity index (χ3v) is 6.48. The first kappa shape index (κ1) is 22.5. The summed E-state index contributed by atoms with van der Waals surface area (Å²) in [5.74, 6) is 1.47. The van der Waals surface area contributed by atoms with Gasteiger partial charge in [-0.1, -0.05) is 24.3 Å². The molecule has 1 aromatic heterocycles. The van der Waals surface area contributed by atoms with Crippen LogP contribution in [0.1, 0.15) is 28.9 Å². The van der Waals surface area contributed by atoms with Crippen LogP contribution in [-0.2, 0) is 22.6 Å². The van der Waals surface area contributed by atoms with Gasteiger partial charge in [0.1, 0.15) is 19.3 Å². The molecule has 0 bridgehead atoms. The Morgan fingerprint density at radius 2 is 2.00 bits per heavy atom. The van der Waals surface area contributed by atoms with Crippen LogP contribution in [0.2, 0.25) is 0 Å². The Bertz CT molecular complexity index is 1200. The molecule has 34 heavy (non-hydrogen) atoms. The molecule has 178 valence electrons. The third kappa shape index (κ3) is 4.66. The summed E-state index contributed by atoms with van der Waals surface area (Å²) in [5.41, 5.74) is 6.23. The van der Waals surface area contributed by atoms with Crippen molar-refractivity contribution in [1.82, 2.24) is 14.7 Å². The Morgan fingerprint density at radius 1 is 1.15 bits per heavy atom. The highest BCUT2D eigenvalue weighted by atomic mass is 16.6. The Morgan fingerprint density at radius 3 is 2.74 bits per heavy atom. The second-order valence-electron chi connectivity index (χ2n) is 9.13. The van der Waals surface area contributed by atoms with Crippen LogP contribution < -0.4 is 9.47 Å². The molecule has 1 fully saturated rings. The van der Waals surface area contributed by atoms with Gasteiger partial charge in [-0.25, -0.2) is 0 Å². The topological polar surface area (TPSA) is 65.8 Å². The summed E-state index contributed by atoms with van der Waals surface area (Å²) in [6.45, 7) is 8.91. The van der Waals surface area contributed by atoms with E-state index in [2.05, 4.69) is 36.3 Å². The molecule has 7 nitrogen and oxygen atoms in total. The molecule has 5 rings (SSSR count).